The van der Waals surface area contributed by atoms with Crippen LogP contribution in [0.25, 0.3) is 11.0 Å². The fraction of sp³-hybridized carbons (Fsp3) is 0.375. The highest BCUT2D eigenvalue weighted by Crippen LogP contribution is 2.32. The number of benzene rings is 1. The molecule has 5 heteroatoms. The van der Waals surface area contributed by atoms with E-state index in [1.807, 2.05) is 6.07 Å². The van der Waals surface area contributed by atoms with Gasteiger partial charge < -0.3 is 14.4 Å². The van der Waals surface area contributed by atoms with Crippen LogP contribution in [0.1, 0.15) is 23.2 Å². The molecule has 1 fully saturated rings. The van der Waals surface area contributed by atoms with E-state index < -0.39 is 17.6 Å². The highest BCUT2D eigenvalue weighted by Gasteiger charge is 2.31. The summed E-state index contributed by atoms with van der Waals surface area (Å²) in [4.78, 5) is 25.7. The van der Waals surface area contributed by atoms with Crippen LogP contribution in [0.15, 0.2) is 39.5 Å². The zero-order valence-corrected chi connectivity index (χ0v) is 11.8. The van der Waals surface area contributed by atoms with Crippen molar-refractivity contribution in [3.8, 4) is 0 Å². The van der Waals surface area contributed by atoms with Crippen LogP contribution in [0, 0.1) is 5.92 Å². The molecule has 1 saturated carbocycles. The molecule has 5 nitrogen and oxygen atoms in total. The third kappa shape index (κ3) is 2.83. The van der Waals surface area contributed by atoms with E-state index >= 15 is 0 Å². The average molecular weight is 287 g/mol. The summed E-state index contributed by atoms with van der Waals surface area (Å²) in [6.07, 6.45) is 1.48. The number of rotatable bonds is 4. The lowest BCUT2D eigenvalue weighted by atomic mass is 10.1. The third-order valence-corrected chi connectivity index (χ3v) is 3.85. The first-order valence-corrected chi connectivity index (χ1v) is 7.02. The van der Waals surface area contributed by atoms with E-state index in [-0.39, 0.29) is 18.0 Å². The van der Waals surface area contributed by atoms with E-state index in [4.69, 9.17) is 4.42 Å². The van der Waals surface area contributed by atoms with Crippen molar-refractivity contribution in [2.75, 3.05) is 13.6 Å². The first kappa shape index (κ1) is 13.8. The van der Waals surface area contributed by atoms with E-state index in [0.29, 0.717) is 11.0 Å². The number of hydrogen-bond donors (Lipinski definition) is 1. The molecule has 1 amide bonds. The summed E-state index contributed by atoms with van der Waals surface area (Å²) in [6, 6.07) is 8.60. The van der Waals surface area contributed by atoms with Crippen molar-refractivity contribution in [3.05, 3.63) is 46.3 Å². The van der Waals surface area contributed by atoms with E-state index in [2.05, 4.69) is 0 Å². The quantitative estimate of drug-likeness (QED) is 0.868. The van der Waals surface area contributed by atoms with Crippen molar-refractivity contribution in [1.29, 1.82) is 0 Å². The van der Waals surface area contributed by atoms with Crippen LogP contribution in [0.5, 0.6) is 0 Å². The molecule has 1 N–H and O–H groups in total. The van der Waals surface area contributed by atoms with Crippen LogP contribution in [0.2, 0.25) is 0 Å². The lowest BCUT2D eigenvalue weighted by molar-refractivity contribution is 0.0642. The average Bonchev–Trinajstić information content (AvgIpc) is 3.30. The van der Waals surface area contributed by atoms with Gasteiger partial charge in [-0.15, -0.1) is 0 Å². The van der Waals surface area contributed by atoms with Gasteiger partial charge in [-0.05, 0) is 30.9 Å². The Kier molecular flexibility index (Phi) is 3.51. The first-order valence-electron chi connectivity index (χ1n) is 7.02. The SMILES string of the molecule is CN(CC(O)C1CC1)C(=O)c1cc2ccccc2oc1=O. The number of fused-ring (bicyclic) bond motifs is 1. The van der Waals surface area contributed by atoms with Gasteiger partial charge in [-0.25, -0.2) is 4.79 Å². The van der Waals surface area contributed by atoms with Crippen molar-refractivity contribution in [3.63, 3.8) is 0 Å². The van der Waals surface area contributed by atoms with Crippen molar-refractivity contribution < 1.29 is 14.3 Å². The number of carbonyl (C=O) groups is 1. The van der Waals surface area contributed by atoms with E-state index in [1.165, 1.54) is 4.90 Å². The molecule has 0 saturated heterocycles. The van der Waals surface area contributed by atoms with Gasteiger partial charge in [0.1, 0.15) is 11.1 Å². The molecule has 2 aromatic rings. The fourth-order valence-corrected chi connectivity index (χ4v) is 2.41. The van der Waals surface area contributed by atoms with Crippen LogP contribution >= 0.6 is 0 Å². The summed E-state index contributed by atoms with van der Waals surface area (Å²) in [5.41, 5.74) is -0.189. The molecule has 1 aromatic heterocycles. The van der Waals surface area contributed by atoms with Gasteiger partial charge in [-0.2, -0.15) is 0 Å². The van der Waals surface area contributed by atoms with Crippen LogP contribution in [-0.4, -0.2) is 35.6 Å². The van der Waals surface area contributed by atoms with Gasteiger partial charge in [-0.3, -0.25) is 4.79 Å². The topological polar surface area (TPSA) is 70.8 Å². The number of para-hydroxylation sites is 1. The largest absolute Gasteiger partial charge is 0.422 e. The predicted molar refractivity (Wildman–Crippen MR) is 78.2 cm³/mol. The Hall–Kier alpha value is -2.14. The van der Waals surface area contributed by atoms with Gasteiger partial charge in [0.25, 0.3) is 5.91 Å². The van der Waals surface area contributed by atoms with E-state index in [9.17, 15) is 14.7 Å². The molecule has 1 aliphatic rings. The zero-order valence-electron chi connectivity index (χ0n) is 11.8. The van der Waals surface area contributed by atoms with Crippen LogP contribution in [-0.2, 0) is 0 Å². The lowest BCUT2D eigenvalue weighted by Crippen LogP contribution is -2.37. The number of aliphatic hydroxyl groups excluding tert-OH is 1. The minimum absolute atomic E-state index is 0.000744. The molecule has 21 heavy (non-hydrogen) atoms. The van der Waals surface area contributed by atoms with E-state index in [1.54, 1.807) is 31.3 Å². The summed E-state index contributed by atoms with van der Waals surface area (Å²) < 4.78 is 5.16. The highest BCUT2D eigenvalue weighted by atomic mass is 16.4. The third-order valence-electron chi connectivity index (χ3n) is 3.85. The summed E-state index contributed by atoms with van der Waals surface area (Å²) in [5.74, 6) is -0.137. The maximum absolute atomic E-state index is 12.3. The molecular weight excluding hydrogens is 270 g/mol. The number of aliphatic hydroxyl groups is 1. The zero-order chi connectivity index (χ0) is 15.0. The summed E-state index contributed by atoms with van der Waals surface area (Å²) in [5, 5.41) is 10.6. The Labute approximate surface area is 121 Å². The molecule has 1 atom stereocenters. The molecular formula is C16H17NO4. The van der Waals surface area contributed by atoms with Crippen LogP contribution < -0.4 is 5.63 Å². The molecule has 0 aliphatic heterocycles. The van der Waals surface area contributed by atoms with Gasteiger partial charge in [-0.1, -0.05) is 18.2 Å². The maximum atomic E-state index is 12.3. The molecule has 1 unspecified atom stereocenters. The minimum Gasteiger partial charge on any atom is -0.422 e. The van der Waals surface area contributed by atoms with Gasteiger partial charge >= 0.3 is 5.63 Å². The second kappa shape index (κ2) is 5.33. The standard InChI is InChI=1S/C16H17NO4/c1-17(9-13(18)10-6-7-10)15(19)12-8-11-4-2-3-5-14(11)21-16(12)20/h2-5,8,10,13,18H,6-7,9H2,1H3. The first-order chi connectivity index (χ1) is 10.1. The van der Waals surface area contributed by atoms with Crippen molar-refractivity contribution >= 4 is 16.9 Å². The fourth-order valence-electron chi connectivity index (χ4n) is 2.41. The van der Waals surface area contributed by atoms with Crippen LogP contribution in [0.4, 0.5) is 0 Å². The number of hydrogen-bond acceptors (Lipinski definition) is 4. The number of carbonyl (C=O) groups excluding carboxylic acids is 1. The Morgan fingerprint density at radius 1 is 1.43 bits per heavy atom. The van der Waals surface area contributed by atoms with Crippen molar-refractivity contribution in [1.82, 2.24) is 4.90 Å². The Morgan fingerprint density at radius 3 is 2.86 bits per heavy atom. The van der Waals surface area contributed by atoms with Crippen molar-refractivity contribution in [2.24, 2.45) is 5.92 Å². The molecule has 1 aliphatic carbocycles. The molecule has 3 rings (SSSR count). The summed E-state index contributed by atoms with van der Waals surface area (Å²) in [7, 11) is 1.59. The lowest BCUT2D eigenvalue weighted by Gasteiger charge is -2.20. The highest BCUT2D eigenvalue weighted by molar-refractivity contribution is 5.96. The molecule has 0 spiro atoms. The number of nitrogens with zero attached hydrogens (tertiary/aromatic N) is 1. The molecule has 1 aromatic carbocycles. The van der Waals surface area contributed by atoms with Gasteiger partial charge in [0.2, 0.25) is 0 Å². The normalized spacial score (nSPS) is 15.9. The minimum atomic E-state index is -0.647. The molecule has 110 valence electrons. The summed E-state index contributed by atoms with van der Waals surface area (Å²) in [6.45, 7) is 0.232. The maximum Gasteiger partial charge on any atom is 0.349 e. The Balaban J connectivity index is 1.86. The van der Waals surface area contributed by atoms with E-state index in [0.717, 1.165) is 12.8 Å². The van der Waals surface area contributed by atoms with Crippen LogP contribution in [0.3, 0.4) is 0 Å². The summed E-state index contributed by atoms with van der Waals surface area (Å²) >= 11 is 0. The monoisotopic (exact) mass is 287 g/mol. The van der Waals surface area contributed by atoms with Crippen molar-refractivity contribution in [2.45, 2.75) is 18.9 Å². The van der Waals surface area contributed by atoms with Gasteiger partial charge in [0.15, 0.2) is 0 Å². The predicted octanol–water partition coefficient (Wildman–Crippen LogP) is 1.64. The Bertz CT molecular complexity index is 732. The molecule has 0 radical (unpaired) electrons. The second-order valence-corrected chi connectivity index (χ2v) is 5.58. The number of likely N-dealkylation sites (N-methyl/N-ethyl adjacent to an activating group) is 1. The Morgan fingerprint density at radius 2 is 2.14 bits per heavy atom. The number of amides is 1. The van der Waals surface area contributed by atoms with Gasteiger partial charge in [0, 0.05) is 19.0 Å². The van der Waals surface area contributed by atoms with Gasteiger partial charge in [0.05, 0.1) is 6.10 Å². The molecule has 0 bridgehead atoms. The molecule has 1 heterocycles. The smallest absolute Gasteiger partial charge is 0.349 e. The second-order valence-electron chi connectivity index (χ2n) is 5.58.